The van der Waals surface area contributed by atoms with Crippen LogP contribution < -0.4 is 5.32 Å². The number of carbonyl (C=O) groups is 2. The van der Waals surface area contributed by atoms with Gasteiger partial charge in [-0.25, -0.2) is 4.79 Å². The largest absolute Gasteiger partial charge is 0.480 e. The van der Waals surface area contributed by atoms with Gasteiger partial charge in [0.05, 0.1) is 6.04 Å². The van der Waals surface area contributed by atoms with Crippen LogP contribution >= 0.6 is 0 Å². The molecule has 1 fully saturated rings. The lowest BCUT2D eigenvalue weighted by Crippen LogP contribution is -2.43. The summed E-state index contributed by atoms with van der Waals surface area (Å²) in [4.78, 5) is 23.2. The lowest BCUT2D eigenvalue weighted by Gasteiger charge is -2.15. The van der Waals surface area contributed by atoms with E-state index in [1.54, 1.807) is 6.07 Å². The molecule has 1 aromatic heterocycles. The Morgan fingerprint density at radius 1 is 1.45 bits per heavy atom. The van der Waals surface area contributed by atoms with E-state index in [9.17, 15) is 9.59 Å². The average molecular weight is 279 g/mol. The topological polar surface area (TPSA) is 84.2 Å². The Morgan fingerprint density at radius 2 is 2.05 bits per heavy atom. The maximum atomic E-state index is 12.1. The average Bonchev–Trinajstić information content (AvgIpc) is 3.09. The molecule has 0 atom stereocenters. The Kier molecular flexibility index (Phi) is 3.83. The molecule has 1 saturated carbocycles. The fourth-order valence-corrected chi connectivity index (χ4v) is 2.40. The molecule has 1 aliphatic rings. The fourth-order valence-electron chi connectivity index (χ4n) is 2.40. The third kappa shape index (κ3) is 2.55. The number of carboxylic acids is 1. The summed E-state index contributed by atoms with van der Waals surface area (Å²) in [6.07, 6.45) is 2.86. The molecular weight excluding hydrogens is 258 g/mol. The van der Waals surface area contributed by atoms with E-state index in [1.807, 2.05) is 11.6 Å². The van der Waals surface area contributed by atoms with E-state index in [-0.39, 0.29) is 6.04 Å². The number of nitrogens with one attached hydrogen (secondary N) is 1. The van der Waals surface area contributed by atoms with Gasteiger partial charge >= 0.3 is 5.97 Å². The summed E-state index contributed by atoms with van der Waals surface area (Å²) in [6.45, 7) is 6.07. The summed E-state index contributed by atoms with van der Waals surface area (Å²) < 4.78 is 1.86. The molecule has 110 valence electrons. The molecule has 0 unspecified atom stereocenters. The van der Waals surface area contributed by atoms with Crippen LogP contribution in [0.5, 0.6) is 0 Å². The Hall–Kier alpha value is -1.85. The zero-order chi connectivity index (χ0) is 14.9. The zero-order valence-corrected chi connectivity index (χ0v) is 12.1. The van der Waals surface area contributed by atoms with Gasteiger partial charge in [-0.3, -0.25) is 9.48 Å². The Labute approximate surface area is 118 Å². The van der Waals surface area contributed by atoms with E-state index >= 15 is 0 Å². The van der Waals surface area contributed by atoms with Gasteiger partial charge in [0.15, 0.2) is 0 Å². The molecule has 6 nitrogen and oxygen atoms in total. The second-order valence-corrected chi connectivity index (χ2v) is 5.43. The van der Waals surface area contributed by atoms with Crippen LogP contribution in [0.15, 0.2) is 6.07 Å². The van der Waals surface area contributed by atoms with Crippen molar-refractivity contribution in [1.82, 2.24) is 15.1 Å². The number of carboxylic acid groups (broad SMARTS) is 1. The summed E-state index contributed by atoms with van der Waals surface area (Å²) in [5.41, 5.74) is 0.148. The van der Waals surface area contributed by atoms with Gasteiger partial charge in [-0.2, -0.15) is 5.10 Å². The molecule has 0 bridgehead atoms. The highest BCUT2D eigenvalue weighted by Crippen LogP contribution is 2.35. The predicted octanol–water partition coefficient (Wildman–Crippen LogP) is 1.90. The number of aromatic nitrogens is 2. The number of aliphatic carboxylic acids is 1. The molecule has 0 radical (unpaired) electrons. The number of hydrogen-bond donors (Lipinski definition) is 2. The zero-order valence-electron chi connectivity index (χ0n) is 12.1. The van der Waals surface area contributed by atoms with Crippen molar-refractivity contribution in [1.29, 1.82) is 0 Å². The molecule has 2 rings (SSSR count). The minimum Gasteiger partial charge on any atom is -0.480 e. The van der Waals surface area contributed by atoms with Crippen LogP contribution in [0, 0.1) is 6.92 Å². The molecule has 2 N–H and O–H groups in total. The van der Waals surface area contributed by atoms with Gasteiger partial charge in [0.1, 0.15) is 11.2 Å². The van der Waals surface area contributed by atoms with E-state index in [1.165, 1.54) is 0 Å². The highest BCUT2D eigenvalue weighted by atomic mass is 16.4. The van der Waals surface area contributed by atoms with Crippen LogP contribution in [0.2, 0.25) is 0 Å². The molecule has 0 saturated heterocycles. The maximum absolute atomic E-state index is 12.1. The van der Waals surface area contributed by atoms with Gasteiger partial charge < -0.3 is 10.4 Å². The van der Waals surface area contributed by atoms with Crippen molar-refractivity contribution in [3.05, 3.63) is 17.5 Å². The lowest BCUT2D eigenvalue weighted by molar-refractivity contribution is -0.140. The minimum atomic E-state index is -1.07. The molecule has 0 spiro atoms. The maximum Gasteiger partial charge on any atom is 0.329 e. The molecule has 1 aliphatic carbocycles. The van der Waals surface area contributed by atoms with Crippen molar-refractivity contribution < 1.29 is 14.7 Å². The van der Waals surface area contributed by atoms with E-state index in [4.69, 9.17) is 5.11 Å². The van der Waals surface area contributed by atoms with Crippen LogP contribution in [0.3, 0.4) is 0 Å². The number of rotatable bonds is 6. The second kappa shape index (κ2) is 5.26. The first kappa shape index (κ1) is 14.6. The Bertz CT molecular complexity index is 528. The van der Waals surface area contributed by atoms with Crippen LogP contribution in [0.25, 0.3) is 0 Å². The number of carbonyl (C=O) groups excluding carboxylic acids is 1. The molecule has 20 heavy (non-hydrogen) atoms. The molecule has 6 heteroatoms. The number of aryl methyl sites for hydroxylation is 1. The van der Waals surface area contributed by atoms with Crippen molar-refractivity contribution in [3.63, 3.8) is 0 Å². The van der Waals surface area contributed by atoms with Crippen molar-refractivity contribution in [2.75, 3.05) is 0 Å². The van der Waals surface area contributed by atoms with E-state index in [0.717, 1.165) is 18.5 Å². The standard InChI is InChI=1S/C14H21N3O3/c1-4-10(5-2)17-9(3)8-11(16-17)12(18)15-14(6-7-14)13(19)20/h8,10H,4-7H2,1-3H3,(H,15,18)(H,19,20). The number of nitrogens with zero attached hydrogens (tertiary/aromatic N) is 2. The molecule has 1 aromatic rings. The third-order valence-corrected chi connectivity index (χ3v) is 3.96. The van der Waals surface area contributed by atoms with Crippen LogP contribution in [0.4, 0.5) is 0 Å². The smallest absolute Gasteiger partial charge is 0.329 e. The molecule has 1 heterocycles. The predicted molar refractivity (Wildman–Crippen MR) is 73.7 cm³/mol. The molecule has 0 aliphatic heterocycles. The molecule has 1 amide bonds. The van der Waals surface area contributed by atoms with E-state index in [0.29, 0.717) is 18.5 Å². The SMILES string of the molecule is CCC(CC)n1nc(C(=O)NC2(C(=O)O)CC2)cc1C. The highest BCUT2D eigenvalue weighted by molar-refractivity contribution is 5.97. The fraction of sp³-hybridized carbons (Fsp3) is 0.643. The third-order valence-electron chi connectivity index (χ3n) is 3.96. The summed E-state index contributed by atoms with van der Waals surface area (Å²) in [6, 6.07) is 1.98. The second-order valence-electron chi connectivity index (χ2n) is 5.43. The Balaban J connectivity index is 2.16. The first-order valence-corrected chi connectivity index (χ1v) is 7.05. The van der Waals surface area contributed by atoms with Gasteiger partial charge in [0.2, 0.25) is 0 Å². The first-order valence-electron chi connectivity index (χ1n) is 7.05. The number of hydrogen-bond acceptors (Lipinski definition) is 3. The summed E-state index contributed by atoms with van der Waals surface area (Å²) in [5.74, 6) is -1.38. The monoisotopic (exact) mass is 279 g/mol. The Morgan fingerprint density at radius 3 is 2.50 bits per heavy atom. The van der Waals surface area contributed by atoms with Gasteiger partial charge in [0.25, 0.3) is 5.91 Å². The quantitative estimate of drug-likeness (QED) is 0.833. The summed E-state index contributed by atoms with van der Waals surface area (Å²) >= 11 is 0. The van der Waals surface area contributed by atoms with Crippen molar-refractivity contribution >= 4 is 11.9 Å². The van der Waals surface area contributed by atoms with Crippen molar-refractivity contribution in [2.24, 2.45) is 0 Å². The summed E-state index contributed by atoms with van der Waals surface area (Å²) in [5, 5.41) is 16.0. The lowest BCUT2D eigenvalue weighted by atomic mass is 10.2. The molecular formula is C14H21N3O3. The van der Waals surface area contributed by atoms with Gasteiger partial charge in [-0.15, -0.1) is 0 Å². The van der Waals surface area contributed by atoms with Crippen LogP contribution in [0.1, 0.15) is 61.8 Å². The van der Waals surface area contributed by atoms with Gasteiger partial charge in [-0.1, -0.05) is 13.8 Å². The van der Waals surface area contributed by atoms with E-state index in [2.05, 4.69) is 24.3 Å². The molecule has 0 aromatic carbocycles. The van der Waals surface area contributed by atoms with Crippen LogP contribution in [-0.2, 0) is 4.79 Å². The summed E-state index contributed by atoms with van der Waals surface area (Å²) in [7, 11) is 0. The highest BCUT2D eigenvalue weighted by Gasteiger charge is 2.51. The van der Waals surface area contributed by atoms with Crippen LogP contribution in [-0.4, -0.2) is 32.3 Å². The normalized spacial score (nSPS) is 16.2. The minimum absolute atomic E-state index is 0.269. The first-order chi connectivity index (χ1) is 9.43. The van der Waals surface area contributed by atoms with Gasteiger partial charge in [-0.05, 0) is 38.7 Å². The van der Waals surface area contributed by atoms with Crippen molar-refractivity contribution in [3.8, 4) is 0 Å². The van der Waals surface area contributed by atoms with Gasteiger partial charge in [0, 0.05) is 5.69 Å². The van der Waals surface area contributed by atoms with Crippen molar-refractivity contribution in [2.45, 2.75) is 58.0 Å². The number of amides is 1. The van der Waals surface area contributed by atoms with E-state index < -0.39 is 17.4 Å².